The number of hydrogen-bond donors (Lipinski definition) is 1. The van der Waals surface area contributed by atoms with E-state index in [1.165, 1.54) is 6.42 Å². The van der Waals surface area contributed by atoms with Gasteiger partial charge in [0.1, 0.15) is 0 Å². The lowest BCUT2D eigenvalue weighted by atomic mass is 9.78. The third-order valence-electron chi connectivity index (χ3n) is 1.84. The first-order valence-corrected chi connectivity index (χ1v) is 4.17. The molecular formula is C6H11BrO. The number of rotatable bonds is 2. The minimum atomic E-state index is -0.274. The molecule has 0 bridgehead atoms. The maximum Gasteiger partial charge on any atom is 0.0655 e. The van der Waals surface area contributed by atoms with E-state index in [1.54, 1.807) is 0 Å². The molecule has 0 amide bonds. The Morgan fingerprint density at radius 2 is 2.12 bits per heavy atom. The standard InChI is InChI=1S/C6H11BrO/c7-5-4-6(8)2-1-3-6/h8H,1-5H2. The molecule has 1 aliphatic rings. The van der Waals surface area contributed by atoms with Crippen LogP contribution in [0.25, 0.3) is 0 Å². The summed E-state index contributed by atoms with van der Waals surface area (Å²) in [6.07, 6.45) is 4.16. The van der Waals surface area contributed by atoms with Crippen molar-refractivity contribution in [3.63, 3.8) is 0 Å². The van der Waals surface area contributed by atoms with Crippen molar-refractivity contribution in [1.82, 2.24) is 0 Å². The summed E-state index contributed by atoms with van der Waals surface area (Å²) < 4.78 is 0. The van der Waals surface area contributed by atoms with E-state index in [1.807, 2.05) is 0 Å². The van der Waals surface area contributed by atoms with Gasteiger partial charge in [0.2, 0.25) is 0 Å². The van der Waals surface area contributed by atoms with E-state index >= 15 is 0 Å². The van der Waals surface area contributed by atoms with Gasteiger partial charge < -0.3 is 5.11 Å². The molecule has 48 valence electrons. The monoisotopic (exact) mass is 178 g/mol. The van der Waals surface area contributed by atoms with Gasteiger partial charge in [0.05, 0.1) is 5.60 Å². The van der Waals surface area contributed by atoms with Crippen LogP contribution in [0.1, 0.15) is 25.7 Å². The Balaban J connectivity index is 2.20. The molecular weight excluding hydrogens is 168 g/mol. The fraction of sp³-hybridized carbons (Fsp3) is 1.00. The molecule has 0 unspecified atom stereocenters. The highest BCUT2D eigenvalue weighted by atomic mass is 79.9. The fourth-order valence-corrected chi connectivity index (χ4v) is 1.75. The van der Waals surface area contributed by atoms with E-state index in [0.29, 0.717) is 0 Å². The van der Waals surface area contributed by atoms with Crippen LogP contribution < -0.4 is 0 Å². The van der Waals surface area contributed by atoms with Crippen LogP contribution in [0.5, 0.6) is 0 Å². The maximum absolute atomic E-state index is 9.38. The molecule has 0 aromatic rings. The molecule has 2 heteroatoms. The molecule has 1 rings (SSSR count). The average molecular weight is 179 g/mol. The molecule has 0 aliphatic heterocycles. The average Bonchev–Trinajstić information content (AvgIpc) is 1.64. The van der Waals surface area contributed by atoms with Gasteiger partial charge in [0.15, 0.2) is 0 Å². The minimum Gasteiger partial charge on any atom is -0.390 e. The zero-order valence-corrected chi connectivity index (χ0v) is 6.45. The van der Waals surface area contributed by atoms with Crippen molar-refractivity contribution in [2.24, 2.45) is 0 Å². The number of halogens is 1. The van der Waals surface area contributed by atoms with Crippen LogP contribution in [0.2, 0.25) is 0 Å². The van der Waals surface area contributed by atoms with Crippen LogP contribution in [0.15, 0.2) is 0 Å². The first kappa shape index (κ1) is 6.56. The van der Waals surface area contributed by atoms with Gasteiger partial charge in [-0.05, 0) is 25.7 Å². The molecule has 1 saturated carbocycles. The second-order valence-corrected chi connectivity index (χ2v) is 3.31. The van der Waals surface area contributed by atoms with Crippen molar-refractivity contribution < 1.29 is 5.11 Å². The van der Waals surface area contributed by atoms with E-state index in [4.69, 9.17) is 0 Å². The maximum atomic E-state index is 9.38. The Labute approximate surface area is 58.2 Å². The summed E-state index contributed by atoms with van der Waals surface area (Å²) in [6, 6.07) is 0. The zero-order valence-electron chi connectivity index (χ0n) is 4.86. The second kappa shape index (κ2) is 2.36. The number of hydrogen-bond acceptors (Lipinski definition) is 1. The second-order valence-electron chi connectivity index (χ2n) is 2.52. The molecule has 0 saturated heterocycles. The third kappa shape index (κ3) is 1.23. The predicted octanol–water partition coefficient (Wildman–Crippen LogP) is 1.69. The third-order valence-corrected chi connectivity index (χ3v) is 2.24. The van der Waals surface area contributed by atoms with Crippen molar-refractivity contribution >= 4 is 15.9 Å². The summed E-state index contributed by atoms with van der Waals surface area (Å²) in [5, 5.41) is 10.3. The molecule has 0 atom stereocenters. The lowest BCUT2D eigenvalue weighted by Crippen LogP contribution is -2.36. The highest BCUT2D eigenvalue weighted by Gasteiger charge is 2.32. The summed E-state index contributed by atoms with van der Waals surface area (Å²) >= 11 is 3.30. The number of aliphatic hydroxyl groups is 1. The highest BCUT2D eigenvalue weighted by molar-refractivity contribution is 9.09. The van der Waals surface area contributed by atoms with Gasteiger partial charge in [-0.1, -0.05) is 15.9 Å². The van der Waals surface area contributed by atoms with Gasteiger partial charge >= 0.3 is 0 Å². The molecule has 1 nitrogen and oxygen atoms in total. The summed E-state index contributed by atoms with van der Waals surface area (Å²) in [6.45, 7) is 0. The van der Waals surface area contributed by atoms with E-state index in [9.17, 15) is 5.11 Å². The van der Waals surface area contributed by atoms with Gasteiger partial charge in [-0.3, -0.25) is 0 Å². The van der Waals surface area contributed by atoms with E-state index in [-0.39, 0.29) is 5.60 Å². The molecule has 1 fully saturated rings. The lowest BCUT2D eigenvalue weighted by molar-refractivity contribution is -0.0346. The van der Waals surface area contributed by atoms with Crippen molar-refractivity contribution in [1.29, 1.82) is 0 Å². The molecule has 1 aliphatic carbocycles. The van der Waals surface area contributed by atoms with Gasteiger partial charge in [-0.15, -0.1) is 0 Å². The molecule has 0 spiro atoms. The van der Waals surface area contributed by atoms with Crippen LogP contribution in [0, 0.1) is 0 Å². The topological polar surface area (TPSA) is 20.2 Å². The van der Waals surface area contributed by atoms with Crippen LogP contribution in [-0.4, -0.2) is 16.0 Å². The Bertz CT molecular complexity index is 78.6. The van der Waals surface area contributed by atoms with Gasteiger partial charge in [0.25, 0.3) is 0 Å². The quantitative estimate of drug-likeness (QED) is 0.639. The summed E-state index contributed by atoms with van der Waals surface area (Å²) in [4.78, 5) is 0. The molecule has 0 radical (unpaired) electrons. The van der Waals surface area contributed by atoms with Crippen LogP contribution >= 0.6 is 15.9 Å². The van der Waals surface area contributed by atoms with Crippen LogP contribution in [-0.2, 0) is 0 Å². The summed E-state index contributed by atoms with van der Waals surface area (Å²) in [7, 11) is 0. The van der Waals surface area contributed by atoms with Gasteiger partial charge in [-0.2, -0.15) is 0 Å². The minimum absolute atomic E-state index is 0.274. The van der Waals surface area contributed by atoms with Crippen molar-refractivity contribution in [2.45, 2.75) is 31.3 Å². The Hall–Kier alpha value is 0.440. The van der Waals surface area contributed by atoms with Gasteiger partial charge in [-0.25, -0.2) is 0 Å². The first-order chi connectivity index (χ1) is 3.77. The molecule has 1 N–H and O–H groups in total. The fourth-order valence-electron chi connectivity index (χ4n) is 1.01. The number of alkyl halides is 1. The van der Waals surface area contributed by atoms with E-state index < -0.39 is 0 Å². The summed E-state index contributed by atoms with van der Waals surface area (Å²) in [5.74, 6) is 0. The molecule has 0 aromatic heterocycles. The SMILES string of the molecule is OC1(CCBr)CCC1. The summed E-state index contributed by atoms with van der Waals surface area (Å²) in [5.41, 5.74) is -0.274. The Kier molecular flexibility index (Phi) is 1.93. The smallest absolute Gasteiger partial charge is 0.0655 e. The van der Waals surface area contributed by atoms with Gasteiger partial charge in [0, 0.05) is 5.33 Å². The largest absolute Gasteiger partial charge is 0.390 e. The molecule has 0 heterocycles. The first-order valence-electron chi connectivity index (χ1n) is 3.05. The van der Waals surface area contributed by atoms with Crippen molar-refractivity contribution in [3.05, 3.63) is 0 Å². The van der Waals surface area contributed by atoms with Crippen LogP contribution in [0.3, 0.4) is 0 Å². The Morgan fingerprint density at radius 3 is 2.25 bits per heavy atom. The van der Waals surface area contributed by atoms with Crippen molar-refractivity contribution in [3.8, 4) is 0 Å². The normalized spacial score (nSPS) is 24.8. The zero-order chi connectivity index (χ0) is 6.04. The van der Waals surface area contributed by atoms with E-state index in [2.05, 4.69) is 15.9 Å². The van der Waals surface area contributed by atoms with Crippen LogP contribution in [0.4, 0.5) is 0 Å². The van der Waals surface area contributed by atoms with Crippen molar-refractivity contribution in [2.75, 3.05) is 5.33 Å². The van der Waals surface area contributed by atoms with E-state index in [0.717, 1.165) is 24.6 Å². The molecule has 8 heavy (non-hydrogen) atoms. The Morgan fingerprint density at radius 1 is 1.50 bits per heavy atom. The lowest BCUT2D eigenvalue weighted by Gasteiger charge is -2.35. The highest BCUT2D eigenvalue weighted by Crippen LogP contribution is 2.34. The predicted molar refractivity (Wildman–Crippen MR) is 37.2 cm³/mol. The molecule has 0 aromatic carbocycles.